The Hall–Kier alpha value is -1.53. The molecule has 2 N–H and O–H groups in total. The van der Waals surface area contributed by atoms with Crippen LogP contribution in [0.1, 0.15) is 25.7 Å². The fourth-order valence-electron chi connectivity index (χ4n) is 1.40. The van der Waals surface area contributed by atoms with Gasteiger partial charge in [0.05, 0.1) is 5.92 Å². The maximum atomic E-state index is 13.1. The lowest BCUT2D eigenvalue weighted by Gasteiger charge is -2.09. The van der Waals surface area contributed by atoms with Crippen LogP contribution in [-0.2, 0) is 0 Å². The van der Waals surface area contributed by atoms with Crippen molar-refractivity contribution in [2.45, 2.75) is 25.8 Å². The first-order valence-corrected chi connectivity index (χ1v) is 5.53. The predicted molar refractivity (Wildman–Crippen MR) is 69.0 cm³/mol. The lowest BCUT2D eigenvalue weighted by atomic mass is 10.1. The monoisotopic (exact) mass is 289 g/mol. The van der Waals surface area contributed by atoms with Gasteiger partial charge in [-0.2, -0.15) is 4.98 Å². The maximum absolute atomic E-state index is 13.1. The normalized spacial score (nSPS) is 13.7. The van der Waals surface area contributed by atoms with Gasteiger partial charge in [-0.1, -0.05) is 12.1 Å². The SMILES string of the molecule is CC(N)C(C)c1nc(-c2ccc(F)c(F)c2)no1.Cl. The van der Waals surface area contributed by atoms with Crippen LogP contribution in [0, 0.1) is 11.6 Å². The average Bonchev–Trinajstić information content (AvgIpc) is 2.81. The molecule has 2 aromatic rings. The number of nitrogens with two attached hydrogens (primary N) is 1. The Labute approximate surface area is 115 Å². The number of nitrogens with zero attached hydrogens (tertiary/aromatic N) is 2. The highest BCUT2D eigenvalue weighted by molar-refractivity contribution is 5.85. The number of halogens is 3. The van der Waals surface area contributed by atoms with Crippen molar-refractivity contribution in [1.82, 2.24) is 10.1 Å². The van der Waals surface area contributed by atoms with Gasteiger partial charge in [0, 0.05) is 11.6 Å². The first-order valence-electron chi connectivity index (χ1n) is 5.53. The van der Waals surface area contributed by atoms with E-state index in [0.29, 0.717) is 11.5 Å². The van der Waals surface area contributed by atoms with Crippen molar-refractivity contribution in [1.29, 1.82) is 0 Å². The molecule has 19 heavy (non-hydrogen) atoms. The first kappa shape index (κ1) is 15.5. The van der Waals surface area contributed by atoms with Crippen LogP contribution in [-0.4, -0.2) is 16.2 Å². The summed E-state index contributed by atoms with van der Waals surface area (Å²) in [5.74, 6) is -1.36. The van der Waals surface area contributed by atoms with Gasteiger partial charge in [0.15, 0.2) is 11.6 Å². The van der Waals surface area contributed by atoms with E-state index in [1.807, 2.05) is 13.8 Å². The van der Waals surface area contributed by atoms with Gasteiger partial charge in [0.2, 0.25) is 11.7 Å². The van der Waals surface area contributed by atoms with E-state index in [9.17, 15) is 8.78 Å². The summed E-state index contributed by atoms with van der Waals surface area (Å²) in [4.78, 5) is 4.13. The minimum Gasteiger partial charge on any atom is -0.339 e. The molecule has 104 valence electrons. The van der Waals surface area contributed by atoms with E-state index in [1.54, 1.807) is 0 Å². The standard InChI is InChI=1S/C12H13F2N3O.ClH/c1-6(7(2)15)12-16-11(17-18-12)8-3-4-9(13)10(14)5-8;/h3-7H,15H2,1-2H3;1H. The highest BCUT2D eigenvalue weighted by atomic mass is 35.5. The average molecular weight is 290 g/mol. The van der Waals surface area contributed by atoms with Gasteiger partial charge >= 0.3 is 0 Å². The zero-order valence-electron chi connectivity index (χ0n) is 10.4. The summed E-state index contributed by atoms with van der Waals surface area (Å²) >= 11 is 0. The van der Waals surface area contributed by atoms with E-state index >= 15 is 0 Å². The fraction of sp³-hybridized carbons (Fsp3) is 0.333. The van der Waals surface area contributed by atoms with Crippen molar-refractivity contribution in [2.75, 3.05) is 0 Å². The quantitative estimate of drug-likeness (QED) is 0.943. The van der Waals surface area contributed by atoms with Crippen LogP contribution in [0.25, 0.3) is 11.4 Å². The maximum Gasteiger partial charge on any atom is 0.231 e. The molecule has 1 heterocycles. The summed E-state index contributed by atoms with van der Waals surface area (Å²) in [6.07, 6.45) is 0. The number of rotatable bonds is 3. The molecule has 2 unspecified atom stereocenters. The molecule has 0 aliphatic rings. The fourth-order valence-corrected chi connectivity index (χ4v) is 1.40. The number of aromatic nitrogens is 2. The molecule has 7 heteroatoms. The predicted octanol–water partition coefficient (Wildman–Crippen LogP) is 2.89. The molecule has 0 radical (unpaired) electrons. The summed E-state index contributed by atoms with van der Waals surface area (Å²) < 4.78 is 30.9. The van der Waals surface area contributed by atoms with Crippen LogP contribution >= 0.6 is 12.4 Å². The van der Waals surface area contributed by atoms with Crippen LogP contribution in [0.4, 0.5) is 8.78 Å². The van der Waals surface area contributed by atoms with E-state index in [1.165, 1.54) is 6.07 Å². The summed E-state index contributed by atoms with van der Waals surface area (Å²) in [5.41, 5.74) is 6.08. The van der Waals surface area contributed by atoms with Crippen molar-refractivity contribution < 1.29 is 13.3 Å². The number of hydrogen-bond acceptors (Lipinski definition) is 4. The van der Waals surface area contributed by atoms with E-state index in [-0.39, 0.29) is 30.2 Å². The Kier molecular flexibility index (Phi) is 4.97. The molecule has 0 saturated carbocycles. The van der Waals surface area contributed by atoms with Gasteiger partial charge in [-0.05, 0) is 25.1 Å². The summed E-state index contributed by atoms with van der Waals surface area (Å²) in [5, 5.41) is 3.73. The van der Waals surface area contributed by atoms with Crippen LogP contribution in [0.3, 0.4) is 0 Å². The van der Waals surface area contributed by atoms with E-state index in [2.05, 4.69) is 10.1 Å². The molecule has 4 nitrogen and oxygen atoms in total. The van der Waals surface area contributed by atoms with Gasteiger partial charge in [-0.3, -0.25) is 0 Å². The van der Waals surface area contributed by atoms with E-state index in [4.69, 9.17) is 10.3 Å². The van der Waals surface area contributed by atoms with Crippen LogP contribution in [0.5, 0.6) is 0 Å². The second kappa shape index (κ2) is 6.08. The second-order valence-corrected chi connectivity index (χ2v) is 4.23. The molecule has 0 aliphatic carbocycles. The molecule has 0 fully saturated rings. The molecule has 1 aromatic heterocycles. The lowest BCUT2D eigenvalue weighted by molar-refractivity contribution is 0.346. The first-order chi connectivity index (χ1) is 8.49. The third kappa shape index (κ3) is 3.27. The van der Waals surface area contributed by atoms with Crippen molar-refractivity contribution in [3.8, 4) is 11.4 Å². The van der Waals surface area contributed by atoms with Gasteiger partial charge in [0.25, 0.3) is 0 Å². The molecule has 2 atom stereocenters. The zero-order valence-corrected chi connectivity index (χ0v) is 11.2. The third-order valence-electron chi connectivity index (χ3n) is 2.80. The molecule has 0 aliphatic heterocycles. The van der Waals surface area contributed by atoms with E-state index < -0.39 is 11.6 Å². The van der Waals surface area contributed by atoms with E-state index in [0.717, 1.165) is 12.1 Å². The van der Waals surface area contributed by atoms with Gasteiger partial charge in [-0.15, -0.1) is 12.4 Å². The summed E-state index contributed by atoms with van der Waals surface area (Å²) in [6.45, 7) is 3.68. The van der Waals surface area contributed by atoms with Gasteiger partial charge in [-0.25, -0.2) is 8.78 Å². The minimum atomic E-state index is -0.945. The smallest absolute Gasteiger partial charge is 0.231 e. The van der Waals surface area contributed by atoms with Crippen molar-refractivity contribution in [3.63, 3.8) is 0 Å². The Morgan fingerprint density at radius 3 is 2.47 bits per heavy atom. The van der Waals surface area contributed by atoms with Crippen LogP contribution < -0.4 is 5.73 Å². The van der Waals surface area contributed by atoms with Gasteiger partial charge in [0.1, 0.15) is 0 Å². The molecule has 0 amide bonds. The Morgan fingerprint density at radius 2 is 1.89 bits per heavy atom. The molecular formula is C12H14ClF2N3O. The number of benzene rings is 1. The molecular weight excluding hydrogens is 276 g/mol. The summed E-state index contributed by atoms with van der Waals surface area (Å²) in [7, 11) is 0. The second-order valence-electron chi connectivity index (χ2n) is 4.23. The van der Waals surface area contributed by atoms with Crippen molar-refractivity contribution >= 4 is 12.4 Å². The van der Waals surface area contributed by atoms with Crippen LogP contribution in [0.2, 0.25) is 0 Å². The Balaban J connectivity index is 0.00000180. The molecule has 1 aromatic carbocycles. The minimum absolute atomic E-state index is 0. The highest BCUT2D eigenvalue weighted by Crippen LogP contribution is 2.22. The van der Waals surface area contributed by atoms with Crippen molar-refractivity contribution in [3.05, 3.63) is 35.7 Å². The zero-order chi connectivity index (χ0) is 13.3. The van der Waals surface area contributed by atoms with Crippen molar-refractivity contribution in [2.24, 2.45) is 5.73 Å². The van der Waals surface area contributed by atoms with Gasteiger partial charge < -0.3 is 10.3 Å². The topological polar surface area (TPSA) is 64.9 Å². The third-order valence-corrected chi connectivity index (χ3v) is 2.80. The molecule has 2 rings (SSSR count). The lowest BCUT2D eigenvalue weighted by Crippen LogP contribution is -2.22. The highest BCUT2D eigenvalue weighted by Gasteiger charge is 2.19. The molecule has 0 saturated heterocycles. The summed E-state index contributed by atoms with van der Waals surface area (Å²) in [6, 6.07) is 3.31. The largest absolute Gasteiger partial charge is 0.339 e. The Morgan fingerprint density at radius 1 is 1.21 bits per heavy atom. The number of hydrogen-bond donors (Lipinski definition) is 1. The molecule has 0 bridgehead atoms. The Bertz CT molecular complexity index is 560. The van der Waals surface area contributed by atoms with Crippen LogP contribution in [0.15, 0.2) is 22.7 Å². The molecule has 0 spiro atoms.